The van der Waals surface area contributed by atoms with Crippen LogP contribution in [0.5, 0.6) is 0 Å². The monoisotopic (exact) mass is 520 g/mol. The van der Waals surface area contributed by atoms with Crippen LogP contribution < -0.4 is 15.5 Å². The van der Waals surface area contributed by atoms with Crippen LogP contribution in [0.4, 0.5) is 11.8 Å². The normalized spacial score (nSPS) is 20.2. The molecule has 0 radical (unpaired) electrons. The Morgan fingerprint density at radius 1 is 0.973 bits per heavy atom. The quantitative estimate of drug-likeness (QED) is 0.458. The number of sulfonamides is 1. The van der Waals surface area contributed by atoms with E-state index < -0.39 is 10.0 Å². The molecule has 2 heterocycles. The van der Waals surface area contributed by atoms with E-state index >= 15 is 0 Å². The molecule has 0 amide bonds. The number of nitrogens with one attached hydrogen (secondary N) is 2. The minimum absolute atomic E-state index is 0.318. The lowest BCUT2D eigenvalue weighted by Gasteiger charge is -2.31. The van der Waals surface area contributed by atoms with E-state index in [1.807, 2.05) is 62.3 Å². The zero-order valence-corrected chi connectivity index (χ0v) is 22.6. The zero-order valence-electron chi connectivity index (χ0n) is 21.8. The van der Waals surface area contributed by atoms with Crippen LogP contribution in [0.3, 0.4) is 0 Å². The molecule has 1 saturated carbocycles. The molecule has 9 heteroatoms. The second kappa shape index (κ2) is 10.7. The van der Waals surface area contributed by atoms with E-state index in [9.17, 15) is 8.42 Å². The van der Waals surface area contributed by atoms with Crippen LogP contribution >= 0.6 is 0 Å². The summed E-state index contributed by atoms with van der Waals surface area (Å²) in [5.74, 6) is 1.59. The third-order valence-corrected chi connectivity index (χ3v) is 9.15. The first kappa shape index (κ1) is 25.5. The summed E-state index contributed by atoms with van der Waals surface area (Å²) in [6.07, 6.45) is 6.85. The molecule has 0 spiro atoms. The van der Waals surface area contributed by atoms with Crippen molar-refractivity contribution in [3.8, 4) is 0 Å². The Bertz CT molecular complexity index is 1380. The summed E-state index contributed by atoms with van der Waals surface area (Å²) in [7, 11) is 0.476. The van der Waals surface area contributed by atoms with Gasteiger partial charge in [-0.3, -0.25) is 4.31 Å². The number of para-hydroxylation sites is 1. The van der Waals surface area contributed by atoms with Gasteiger partial charge < -0.3 is 15.5 Å². The van der Waals surface area contributed by atoms with Crippen molar-refractivity contribution in [3.63, 3.8) is 0 Å². The molecule has 8 nitrogen and oxygen atoms in total. The van der Waals surface area contributed by atoms with Crippen molar-refractivity contribution in [1.29, 1.82) is 0 Å². The predicted octanol–water partition coefficient (Wildman–Crippen LogP) is 4.30. The van der Waals surface area contributed by atoms with E-state index in [0.29, 0.717) is 36.0 Å². The minimum atomic E-state index is -3.53. The number of hydrogen-bond acceptors (Lipinski definition) is 7. The average molecular weight is 521 g/mol. The molecule has 1 fully saturated rings. The first-order valence-electron chi connectivity index (χ1n) is 13.0. The second-order valence-corrected chi connectivity index (χ2v) is 12.1. The largest absolute Gasteiger partial charge is 0.362 e. The van der Waals surface area contributed by atoms with Crippen molar-refractivity contribution in [2.24, 2.45) is 0 Å². The van der Waals surface area contributed by atoms with Crippen molar-refractivity contribution in [3.05, 3.63) is 65.9 Å². The summed E-state index contributed by atoms with van der Waals surface area (Å²) in [5, 5.41) is 8.23. The van der Waals surface area contributed by atoms with Gasteiger partial charge in [0.05, 0.1) is 10.4 Å². The molecule has 2 N–H and O–H groups in total. The van der Waals surface area contributed by atoms with Crippen LogP contribution in [-0.4, -0.2) is 62.0 Å². The number of rotatable bonds is 8. The highest BCUT2D eigenvalue weighted by molar-refractivity contribution is 7.89. The fourth-order valence-electron chi connectivity index (χ4n) is 5.20. The Balaban J connectivity index is 1.16. The zero-order chi connectivity index (χ0) is 26.0. The molecule has 3 aromatic rings. The van der Waals surface area contributed by atoms with Crippen LogP contribution in [-0.2, 0) is 10.0 Å². The molecule has 1 aromatic heterocycles. The van der Waals surface area contributed by atoms with Crippen LogP contribution in [0, 0.1) is 6.92 Å². The van der Waals surface area contributed by atoms with Gasteiger partial charge in [-0.05, 0) is 63.3 Å². The van der Waals surface area contributed by atoms with E-state index in [2.05, 4.69) is 16.7 Å². The van der Waals surface area contributed by atoms with Gasteiger partial charge in [0, 0.05) is 50.4 Å². The molecule has 37 heavy (non-hydrogen) atoms. The number of benzene rings is 2. The topological polar surface area (TPSA) is 90.5 Å². The summed E-state index contributed by atoms with van der Waals surface area (Å²) >= 11 is 0. The molecule has 0 atom stereocenters. The third kappa shape index (κ3) is 5.57. The first-order valence-corrected chi connectivity index (χ1v) is 14.5. The van der Waals surface area contributed by atoms with Crippen molar-refractivity contribution >= 4 is 32.7 Å². The Kier molecular flexibility index (Phi) is 7.35. The van der Waals surface area contributed by atoms with Crippen LogP contribution in [0.15, 0.2) is 65.2 Å². The highest BCUT2D eigenvalue weighted by atomic mass is 32.2. The Labute approximate surface area is 219 Å². The van der Waals surface area contributed by atoms with Crippen LogP contribution in [0.2, 0.25) is 0 Å². The maximum absolute atomic E-state index is 13.2. The number of anilines is 2. The fraction of sp³-hybridized carbons (Fsp3) is 0.429. The summed E-state index contributed by atoms with van der Waals surface area (Å²) in [5.41, 5.74) is 2.84. The average Bonchev–Trinajstić information content (AvgIpc) is 3.38. The minimum Gasteiger partial charge on any atom is -0.362 e. The van der Waals surface area contributed by atoms with Gasteiger partial charge >= 0.3 is 0 Å². The third-order valence-electron chi connectivity index (χ3n) is 7.28. The Morgan fingerprint density at radius 2 is 1.68 bits per heavy atom. The van der Waals surface area contributed by atoms with Gasteiger partial charge in [-0.25, -0.2) is 13.4 Å². The van der Waals surface area contributed by atoms with Gasteiger partial charge in [-0.1, -0.05) is 35.9 Å². The summed E-state index contributed by atoms with van der Waals surface area (Å²) in [6.45, 7) is 3.03. The van der Waals surface area contributed by atoms with E-state index in [-0.39, 0.29) is 0 Å². The van der Waals surface area contributed by atoms with Gasteiger partial charge in [0.1, 0.15) is 5.82 Å². The number of aromatic nitrogens is 2. The van der Waals surface area contributed by atoms with Crippen molar-refractivity contribution < 1.29 is 8.42 Å². The lowest BCUT2D eigenvalue weighted by atomic mass is 9.91. The Hall–Kier alpha value is -3.17. The van der Waals surface area contributed by atoms with Crippen LogP contribution in [0.1, 0.15) is 37.7 Å². The highest BCUT2D eigenvalue weighted by Gasteiger charge is 2.30. The van der Waals surface area contributed by atoms with Crippen molar-refractivity contribution in [2.75, 3.05) is 37.4 Å². The lowest BCUT2D eigenvalue weighted by Crippen LogP contribution is -2.40. The standard InChI is InChI=1S/C28H36N6O2S/c1-20-10-16-24(17-11-20)37(35,36)34-18-6-7-23(34)19-29-21-12-14-22(15-13-21)30-28-31-26-9-5-4-8-25(26)27(32-28)33(2)3/h4-5,7-11,16-17,21-22,29H,6,12-15,18-19H2,1-3H3,(H,30,31,32)/t21-,22+. The molecule has 196 valence electrons. The van der Waals surface area contributed by atoms with Crippen molar-refractivity contribution in [2.45, 2.75) is 56.0 Å². The van der Waals surface area contributed by atoms with Gasteiger partial charge in [0.15, 0.2) is 0 Å². The number of hydrogen-bond donors (Lipinski definition) is 2. The molecule has 1 aliphatic carbocycles. The van der Waals surface area contributed by atoms with Crippen LogP contribution in [0.25, 0.3) is 10.9 Å². The maximum atomic E-state index is 13.2. The summed E-state index contributed by atoms with van der Waals surface area (Å²) < 4.78 is 28.0. The molecule has 1 aliphatic heterocycles. The van der Waals surface area contributed by atoms with E-state index in [1.54, 1.807) is 16.4 Å². The Morgan fingerprint density at radius 3 is 2.41 bits per heavy atom. The van der Waals surface area contributed by atoms with Gasteiger partial charge in [-0.2, -0.15) is 4.98 Å². The molecule has 0 unspecified atom stereocenters. The molecule has 5 rings (SSSR count). The SMILES string of the molecule is Cc1ccc(S(=O)(=O)N2CCC=C2CN[C@H]2CC[C@@H](Nc3nc(N(C)C)c4ccccc4n3)CC2)cc1. The fourth-order valence-corrected chi connectivity index (χ4v) is 6.73. The highest BCUT2D eigenvalue weighted by Crippen LogP contribution is 2.28. The van der Waals surface area contributed by atoms with E-state index in [0.717, 1.165) is 60.1 Å². The summed E-state index contributed by atoms with van der Waals surface area (Å²) in [4.78, 5) is 11.9. The van der Waals surface area contributed by atoms with Gasteiger partial charge in [-0.15, -0.1) is 0 Å². The van der Waals surface area contributed by atoms with Gasteiger partial charge in [0.2, 0.25) is 5.95 Å². The number of nitrogens with zero attached hydrogens (tertiary/aromatic N) is 4. The first-order chi connectivity index (χ1) is 17.8. The number of aryl methyl sites for hydroxylation is 1. The second-order valence-electron chi connectivity index (χ2n) is 10.2. The molecular weight excluding hydrogens is 484 g/mol. The molecule has 0 saturated heterocycles. The van der Waals surface area contributed by atoms with E-state index in [4.69, 9.17) is 9.97 Å². The smallest absolute Gasteiger partial charge is 0.264 e. The van der Waals surface area contributed by atoms with Crippen molar-refractivity contribution in [1.82, 2.24) is 19.6 Å². The number of fused-ring (bicyclic) bond motifs is 1. The molecule has 0 bridgehead atoms. The molecular formula is C28H36N6O2S. The van der Waals surface area contributed by atoms with Gasteiger partial charge in [0.25, 0.3) is 10.0 Å². The summed E-state index contributed by atoms with van der Waals surface area (Å²) in [6, 6.07) is 15.9. The maximum Gasteiger partial charge on any atom is 0.264 e. The van der Waals surface area contributed by atoms with E-state index in [1.165, 1.54) is 0 Å². The molecule has 2 aromatic carbocycles. The molecule has 2 aliphatic rings. The predicted molar refractivity (Wildman–Crippen MR) is 149 cm³/mol. The lowest BCUT2D eigenvalue weighted by molar-refractivity contribution is 0.354.